The normalized spacial score (nSPS) is 11.1. The Bertz CT molecular complexity index is 159. The molecule has 0 radical (unpaired) electrons. The summed E-state index contributed by atoms with van der Waals surface area (Å²) in [5, 5.41) is 0. The molecule has 0 fully saturated rings. The SMILES string of the molecule is CCC/C=C\C(=O)OCCC(C)C. The predicted molar refractivity (Wildman–Crippen MR) is 54.5 cm³/mol. The highest BCUT2D eigenvalue weighted by Crippen LogP contribution is 1.99. The zero-order valence-electron chi connectivity index (χ0n) is 8.88. The Morgan fingerprint density at radius 2 is 2.15 bits per heavy atom. The molecule has 76 valence electrons. The van der Waals surface area contributed by atoms with Crippen LogP contribution in [0.15, 0.2) is 12.2 Å². The molecule has 0 aliphatic heterocycles. The number of hydrogen-bond acceptors (Lipinski definition) is 2. The highest BCUT2D eigenvalue weighted by molar-refractivity contribution is 5.81. The van der Waals surface area contributed by atoms with Crippen LogP contribution in [0.2, 0.25) is 0 Å². The van der Waals surface area contributed by atoms with Crippen LogP contribution in [0, 0.1) is 5.92 Å². The lowest BCUT2D eigenvalue weighted by Crippen LogP contribution is -2.04. The van der Waals surface area contributed by atoms with Crippen molar-refractivity contribution in [3.63, 3.8) is 0 Å². The van der Waals surface area contributed by atoms with Crippen LogP contribution in [0.3, 0.4) is 0 Å². The molecular formula is C11H20O2. The molecule has 0 aliphatic rings. The van der Waals surface area contributed by atoms with Crippen molar-refractivity contribution in [3.05, 3.63) is 12.2 Å². The Morgan fingerprint density at radius 3 is 2.69 bits per heavy atom. The number of hydrogen-bond donors (Lipinski definition) is 0. The minimum absolute atomic E-state index is 0.214. The molecule has 0 aromatic heterocycles. The number of carbonyl (C=O) groups is 1. The van der Waals surface area contributed by atoms with Crippen molar-refractivity contribution < 1.29 is 9.53 Å². The van der Waals surface area contributed by atoms with Crippen LogP contribution >= 0.6 is 0 Å². The Labute approximate surface area is 81.0 Å². The quantitative estimate of drug-likeness (QED) is 0.468. The summed E-state index contributed by atoms with van der Waals surface area (Å²) >= 11 is 0. The third-order valence-corrected chi connectivity index (χ3v) is 1.65. The first-order valence-corrected chi connectivity index (χ1v) is 5.00. The fourth-order valence-corrected chi connectivity index (χ4v) is 0.790. The smallest absolute Gasteiger partial charge is 0.330 e. The van der Waals surface area contributed by atoms with Gasteiger partial charge in [-0.1, -0.05) is 33.3 Å². The van der Waals surface area contributed by atoms with Crippen LogP contribution in [-0.4, -0.2) is 12.6 Å². The molecule has 0 N–H and O–H groups in total. The van der Waals surface area contributed by atoms with Crippen molar-refractivity contribution in [1.82, 2.24) is 0 Å². The number of carbonyl (C=O) groups excluding carboxylic acids is 1. The molecule has 2 nitrogen and oxygen atoms in total. The highest BCUT2D eigenvalue weighted by Gasteiger charge is 1.97. The van der Waals surface area contributed by atoms with Crippen molar-refractivity contribution in [2.75, 3.05) is 6.61 Å². The van der Waals surface area contributed by atoms with Gasteiger partial charge in [0.15, 0.2) is 0 Å². The molecule has 0 atom stereocenters. The van der Waals surface area contributed by atoms with Gasteiger partial charge in [-0.2, -0.15) is 0 Å². The lowest BCUT2D eigenvalue weighted by Gasteiger charge is -2.03. The summed E-state index contributed by atoms with van der Waals surface area (Å²) in [7, 11) is 0. The molecule has 13 heavy (non-hydrogen) atoms. The van der Waals surface area contributed by atoms with Gasteiger partial charge in [0.25, 0.3) is 0 Å². The molecule has 0 aliphatic carbocycles. The molecule has 0 rings (SSSR count). The zero-order valence-corrected chi connectivity index (χ0v) is 8.88. The molecule has 2 heteroatoms. The number of allylic oxidation sites excluding steroid dienone is 1. The zero-order chi connectivity index (χ0) is 10.1. The number of unbranched alkanes of at least 4 members (excludes halogenated alkanes) is 1. The minimum Gasteiger partial charge on any atom is -0.463 e. The number of esters is 1. The summed E-state index contributed by atoms with van der Waals surface area (Å²) in [5.41, 5.74) is 0. The molecule has 0 amide bonds. The third kappa shape index (κ3) is 9.12. The Balaban J connectivity index is 3.40. The van der Waals surface area contributed by atoms with E-state index in [2.05, 4.69) is 20.8 Å². The molecular weight excluding hydrogens is 164 g/mol. The fraction of sp³-hybridized carbons (Fsp3) is 0.727. The average Bonchev–Trinajstić information content (AvgIpc) is 2.04. The van der Waals surface area contributed by atoms with Gasteiger partial charge in [0.2, 0.25) is 0 Å². The van der Waals surface area contributed by atoms with Crippen LogP contribution in [0.25, 0.3) is 0 Å². The van der Waals surface area contributed by atoms with E-state index in [9.17, 15) is 4.79 Å². The van der Waals surface area contributed by atoms with Crippen LogP contribution < -0.4 is 0 Å². The van der Waals surface area contributed by atoms with Crippen molar-refractivity contribution in [2.24, 2.45) is 5.92 Å². The van der Waals surface area contributed by atoms with Gasteiger partial charge in [-0.05, 0) is 18.8 Å². The van der Waals surface area contributed by atoms with Crippen LogP contribution in [0.5, 0.6) is 0 Å². The maximum Gasteiger partial charge on any atom is 0.330 e. The Kier molecular flexibility index (Phi) is 7.36. The molecule has 0 spiro atoms. The van der Waals surface area contributed by atoms with Gasteiger partial charge in [-0.15, -0.1) is 0 Å². The summed E-state index contributed by atoms with van der Waals surface area (Å²) in [6.07, 6.45) is 6.32. The monoisotopic (exact) mass is 184 g/mol. The van der Waals surface area contributed by atoms with Crippen LogP contribution in [-0.2, 0) is 9.53 Å². The second-order valence-corrected chi connectivity index (χ2v) is 3.54. The van der Waals surface area contributed by atoms with Gasteiger partial charge in [0, 0.05) is 6.08 Å². The summed E-state index contributed by atoms with van der Waals surface area (Å²) in [4.78, 5) is 11.0. The van der Waals surface area contributed by atoms with E-state index < -0.39 is 0 Å². The summed E-state index contributed by atoms with van der Waals surface area (Å²) < 4.78 is 4.97. The van der Waals surface area contributed by atoms with Gasteiger partial charge in [0.1, 0.15) is 0 Å². The van der Waals surface area contributed by atoms with E-state index in [-0.39, 0.29) is 5.97 Å². The summed E-state index contributed by atoms with van der Waals surface area (Å²) in [5.74, 6) is 0.376. The number of rotatable bonds is 6. The first-order chi connectivity index (χ1) is 6.16. The second-order valence-electron chi connectivity index (χ2n) is 3.54. The van der Waals surface area contributed by atoms with Crippen molar-refractivity contribution in [3.8, 4) is 0 Å². The predicted octanol–water partition coefficient (Wildman–Crippen LogP) is 2.93. The van der Waals surface area contributed by atoms with E-state index in [1.54, 1.807) is 0 Å². The van der Waals surface area contributed by atoms with Crippen molar-refractivity contribution in [1.29, 1.82) is 0 Å². The van der Waals surface area contributed by atoms with Crippen molar-refractivity contribution >= 4 is 5.97 Å². The van der Waals surface area contributed by atoms with Gasteiger partial charge in [0.05, 0.1) is 6.61 Å². The third-order valence-electron chi connectivity index (χ3n) is 1.65. The lowest BCUT2D eigenvalue weighted by atomic mass is 10.1. The lowest BCUT2D eigenvalue weighted by molar-refractivity contribution is -0.138. The van der Waals surface area contributed by atoms with Gasteiger partial charge >= 0.3 is 5.97 Å². The molecule has 0 unspecified atom stereocenters. The fourth-order valence-electron chi connectivity index (χ4n) is 0.790. The maximum atomic E-state index is 11.0. The van der Waals surface area contributed by atoms with E-state index in [4.69, 9.17) is 4.74 Å². The molecule has 0 saturated carbocycles. The van der Waals surface area contributed by atoms with Gasteiger partial charge in [-0.3, -0.25) is 0 Å². The maximum absolute atomic E-state index is 11.0. The minimum atomic E-state index is -0.214. The molecule has 0 bridgehead atoms. The summed E-state index contributed by atoms with van der Waals surface area (Å²) in [6.45, 7) is 6.84. The van der Waals surface area contributed by atoms with E-state index in [0.717, 1.165) is 19.3 Å². The Morgan fingerprint density at radius 1 is 1.46 bits per heavy atom. The number of ether oxygens (including phenoxy) is 1. The first kappa shape index (κ1) is 12.2. The van der Waals surface area contributed by atoms with Crippen molar-refractivity contribution in [2.45, 2.75) is 40.0 Å². The van der Waals surface area contributed by atoms with E-state index in [0.29, 0.717) is 12.5 Å². The largest absolute Gasteiger partial charge is 0.463 e. The second kappa shape index (κ2) is 7.84. The Hall–Kier alpha value is -0.790. The van der Waals surface area contributed by atoms with Gasteiger partial charge in [-0.25, -0.2) is 4.79 Å². The van der Waals surface area contributed by atoms with E-state index in [1.807, 2.05) is 6.08 Å². The first-order valence-electron chi connectivity index (χ1n) is 5.00. The van der Waals surface area contributed by atoms with E-state index in [1.165, 1.54) is 6.08 Å². The molecule has 0 saturated heterocycles. The summed E-state index contributed by atoms with van der Waals surface area (Å²) in [6, 6.07) is 0. The molecule has 0 aromatic rings. The van der Waals surface area contributed by atoms with Crippen LogP contribution in [0.4, 0.5) is 0 Å². The highest BCUT2D eigenvalue weighted by atomic mass is 16.5. The average molecular weight is 184 g/mol. The van der Waals surface area contributed by atoms with Gasteiger partial charge < -0.3 is 4.74 Å². The topological polar surface area (TPSA) is 26.3 Å². The molecule has 0 aromatic carbocycles. The van der Waals surface area contributed by atoms with Crippen LogP contribution in [0.1, 0.15) is 40.0 Å². The standard InChI is InChI=1S/C11H20O2/c1-4-5-6-7-11(12)13-9-8-10(2)3/h6-7,10H,4-5,8-9H2,1-3H3/b7-6-. The molecule has 0 heterocycles. The van der Waals surface area contributed by atoms with E-state index >= 15 is 0 Å².